The first-order valence-corrected chi connectivity index (χ1v) is 15.3. The predicted molar refractivity (Wildman–Crippen MR) is 152 cm³/mol. The van der Waals surface area contributed by atoms with E-state index in [0.29, 0.717) is 23.6 Å². The summed E-state index contributed by atoms with van der Waals surface area (Å²) in [6, 6.07) is 13.6. The van der Waals surface area contributed by atoms with Crippen molar-refractivity contribution in [3.8, 4) is 11.5 Å². The van der Waals surface area contributed by atoms with E-state index < -0.39 is 16.1 Å². The Bertz CT molecular complexity index is 1180. The average molecular weight is 560 g/mol. The van der Waals surface area contributed by atoms with Crippen LogP contribution in [-0.2, 0) is 26.2 Å². The Morgan fingerprint density at radius 1 is 0.949 bits per heavy atom. The maximum Gasteiger partial charge on any atom is 0.242 e. The van der Waals surface area contributed by atoms with Crippen LogP contribution in [0.4, 0.5) is 5.69 Å². The van der Waals surface area contributed by atoms with E-state index in [1.165, 1.54) is 10.7 Å². The van der Waals surface area contributed by atoms with Crippen molar-refractivity contribution in [2.45, 2.75) is 70.5 Å². The molecule has 1 N–H and O–H groups in total. The fraction of sp³-hybridized carbons (Fsp3) is 0.517. The van der Waals surface area contributed by atoms with Crippen molar-refractivity contribution < 1.29 is 27.5 Å². The number of carbonyl (C=O) groups is 2. The van der Waals surface area contributed by atoms with Crippen LogP contribution in [0.5, 0.6) is 11.5 Å². The zero-order valence-corrected chi connectivity index (χ0v) is 24.2. The van der Waals surface area contributed by atoms with Crippen molar-refractivity contribution in [3.05, 3.63) is 54.1 Å². The molecule has 0 radical (unpaired) electrons. The molecule has 39 heavy (non-hydrogen) atoms. The summed E-state index contributed by atoms with van der Waals surface area (Å²) in [5.74, 6) is 0.955. The third-order valence-electron chi connectivity index (χ3n) is 7.14. The van der Waals surface area contributed by atoms with Gasteiger partial charge in [-0.2, -0.15) is 0 Å². The van der Waals surface area contributed by atoms with Crippen LogP contribution in [0.15, 0.2) is 48.5 Å². The molecule has 214 valence electrons. The fourth-order valence-electron chi connectivity index (χ4n) is 4.83. The van der Waals surface area contributed by atoms with Gasteiger partial charge >= 0.3 is 0 Å². The van der Waals surface area contributed by atoms with Gasteiger partial charge in [-0.15, -0.1) is 0 Å². The van der Waals surface area contributed by atoms with Gasteiger partial charge in [-0.25, -0.2) is 8.42 Å². The summed E-state index contributed by atoms with van der Waals surface area (Å²) in [5.41, 5.74) is 1.37. The quantitative estimate of drug-likeness (QED) is 0.396. The number of anilines is 1. The van der Waals surface area contributed by atoms with E-state index in [4.69, 9.17) is 9.47 Å². The highest BCUT2D eigenvalue weighted by atomic mass is 32.2. The summed E-state index contributed by atoms with van der Waals surface area (Å²) >= 11 is 0. The van der Waals surface area contributed by atoms with Gasteiger partial charge in [0.05, 0.1) is 26.2 Å². The standard InChI is InChI=1S/C29H41N3O6S/c1-22(29(34)30-24-9-6-5-7-10-24)31(21-23-12-16-26(37-2)17-13-23)28(33)11-8-20-32(39(4,35)36)25-14-18-27(38-3)19-15-25/h12-19,22,24H,5-11,20-21H2,1-4H3,(H,30,34)/t22-/m1/s1. The molecular weight excluding hydrogens is 518 g/mol. The summed E-state index contributed by atoms with van der Waals surface area (Å²) < 4.78 is 36.7. The summed E-state index contributed by atoms with van der Waals surface area (Å²) in [6.07, 6.45) is 6.83. The molecule has 0 aromatic heterocycles. The van der Waals surface area contributed by atoms with Crippen molar-refractivity contribution in [2.75, 3.05) is 31.3 Å². The number of nitrogens with zero attached hydrogens (tertiary/aromatic N) is 2. The van der Waals surface area contributed by atoms with Crippen molar-refractivity contribution in [1.82, 2.24) is 10.2 Å². The number of nitrogens with one attached hydrogen (secondary N) is 1. The van der Waals surface area contributed by atoms with Crippen LogP contribution >= 0.6 is 0 Å². The SMILES string of the molecule is COc1ccc(CN(C(=O)CCCN(c2ccc(OC)cc2)S(C)(=O)=O)[C@H](C)C(=O)NC2CCCCC2)cc1. The molecule has 9 nitrogen and oxygen atoms in total. The Morgan fingerprint density at radius 2 is 1.51 bits per heavy atom. The zero-order chi connectivity index (χ0) is 28.4. The molecule has 2 amide bonds. The summed E-state index contributed by atoms with van der Waals surface area (Å²) in [7, 11) is -0.429. The van der Waals surface area contributed by atoms with Crippen LogP contribution in [0, 0.1) is 0 Å². The second kappa shape index (κ2) is 14.2. The van der Waals surface area contributed by atoms with Crippen LogP contribution in [0.1, 0.15) is 57.4 Å². The second-order valence-corrected chi connectivity index (χ2v) is 11.9. The average Bonchev–Trinajstić information content (AvgIpc) is 2.94. The fourth-order valence-corrected chi connectivity index (χ4v) is 5.80. The Hall–Kier alpha value is -3.27. The van der Waals surface area contributed by atoms with Crippen molar-refractivity contribution in [1.29, 1.82) is 0 Å². The zero-order valence-electron chi connectivity index (χ0n) is 23.4. The Balaban J connectivity index is 1.71. The molecule has 1 aliphatic carbocycles. The van der Waals surface area contributed by atoms with Gasteiger partial charge in [-0.1, -0.05) is 31.4 Å². The minimum atomic E-state index is -3.57. The number of benzene rings is 2. The number of hydrogen-bond donors (Lipinski definition) is 1. The largest absolute Gasteiger partial charge is 0.497 e. The lowest BCUT2D eigenvalue weighted by Crippen LogP contribution is -2.50. The molecule has 0 unspecified atom stereocenters. The predicted octanol–water partition coefficient (Wildman–Crippen LogP) is 4.12. The number of sulfonamides is 1. The highest BCUT2D eigenvalue weighted by Crippen LogP contribution is 2.23. The number of carbonyl (C=O) groups excluding carboxylic acids is 2. The molecule has 0 saturated heterocycles. The third kappa shape index (κ3) is 8.88. The van der Waals surface area contributed by atoms with Gasteiger partial charge < -0.3 is 19.7 Å². The molecule has 0 aliphatic heterocycles. The van der Waals surface area contributed by atoms with Crippen molar-refractivity contribution in [2.24, 2.45) is 0 Å². The lowest BCUT2D eigenvalue weighted by Gasteiger charge is -2.31. The van der Waals surface area contributed by atoms with E-state index >= 15 is 0 Å². The normalized spacial score (nSPS) is 14.8. The summed E-state index contributed by atoms with van der Waals surface area (Å²) in [6.45, 7) is 2.14. The molecule has 1 fully saturated rings. The monoisotopic (exact) mass is 559 g/mol. The first-order chi connectivity index (χ1) is 18.6. The highest BCUT2D eigenvalue weighted by molar-refractivity contribution is 7.92. The summed E-state index contributed by atoms with van der Waals surface area (Å²) in [5, 5.41) is 3.13. The number of hydrogen-bond acceptors (Lipinski definition) is 6. The molecule has 1 saturated carbocycles. The van der Waals surface area contributed by atoms with Crippen molar-refractivity contribution in [3.63, 3.8) is 0 Å². The molecule has 3 rings (SSSR count). The molecule has 0 bridgehead atoms. The lowest BCUT2D eigenvalue weighted by atomic mass is 9.95. The van der Waals surface area contributed by atoms with Crippen LogP contribution in [0.25, 0.3) is 0 Å². The van der Waals surface area contributed by atoms with Crippen LogP contribution in [0.3, 0.4) is 0 Å². The highest BCUT2D eigenvalue weighted by Gasteiger charge is 2.28. The molecule has 0 spiro atoms. The van der Waals surface area contributed by atoms with Gasteiger partial charge in [0.1, 0.15) is 17.5 Å². The molecule has 2 aromatic rings. The third-order valence-corrected chi connectivity index (χ3v) is 8.34. The number of methoxy groups -OCH3 is 2. The number of ether oxygens (including phenoxy) is 2. The van der Waals surface area contributed by atoms with Crippen LogP contribution in [0.2, 0.25) is 0 Å². The minimum Gasteiger partial charge on any atom is -0.497 e. The Kier molecular flexibility index (Phi) is 11.0. The van der Waals surface area contributed by atoms with E-state index in [9.17, 15) is 18.0 Å². The smallest absolute Gasteiger partial charge is 0.242 e. The van der Waals surface area contributed by atoms with Crippen LogP contribution < -0.4 is 19.1 Å². The lowest BCUT2D eigenvalue weighted by molar-refractivity contribution is -0.141. The Labute approximate surface area is 232 Å². The van der Waals surface area contributed by atoms with E-state index in [0.717, 1.165) is 37.5 Å². The van der Waals surface area contributed by atoms with Crippen LogP contribution in [-0.4, -0.2) is 64.2 Å². The Morgan fingerprint density at radius 3 is 2.05 bits per heavy atom. The van der Waals surface area contributed by atoms with Gasteiger partial charge in [0.25, 0.3) is 0 Å². The number of amides is 2. The van der Waals surface area contributed by atoms with Gasteiger partial charge in [0.15, 0.2) is 0 Å². The van der Waals surface area contributed by atoms with E-state index in [2.05, 4.69) is 5.32 Å². The molecule has 2 aromatic carbocycles. The molecule has 1 atom stereocenters. The van der Waals surface area contributed by atoms with Gasteiger partial charge in [-0.05, 0) is 68.1 Å². The molecule has 10 heteroatoms. The topological polar surface area (TPSA) is 105 Å². The first-order valence-electron chi connectivity index (χ1n) is 13.5. The number of rotatable bonds is 13. The van der Waals surface area contributed by atoms with Gasteiger partial charge in [0, 0.05) is 25.6 Å². The summed E-state index contributed by atoms with van der Waals surface area (Å²) in [4.78, 5) is 28.3. The minimum absolute atomic E-state index is 0.0966. The molecule has 1 aliphatic rings. The molecule has 0 heterocycles. The van der Waals surface area contributed by atoms with E-state index in [-0.39, 0.29) is 37.4 Å². The van der Waals surface area contributed by atoms with Gasteiger partial charge in [0.2, 0.25) is 21.8 Å². The maximum atomic E-state index is 13.5. The van der Waals surface area contributed by atoms with Crippen molar-refractivity contribution >= 4 is 27.5 Å². The van der Waals surface area contributed by atoms with E-state index in [1.54, 1.807) is 50.3 Å². The molecular formula is C29H41N3O6S. The van der Waals surface area contributed by atoms with Gasteiger partial charge in [-0.3, -0.25) is 13.9 Å². The van der Waals surface area contributed by atoms with E-state index in [1.807, 2.05) is 24.3 Å². The first kappa shape index (κ1) is 30.3. The maximum absolute atomic E-state index is 13.5. The second-order valence-electron chi connectivity index (χ2n) is 10.0.